The van der Waals surface area contributed by atoms with E-state index in [0.29, 0.717) is 4.96 Å². The number of fused-ring (bicyclic) bond motifs is 1. The Morgan fingerprint density at radius 1 is 1.40 bits per heavy atom. The highest BCUT2D eigenvalue weighted by Crippen LogP contribution is 2.24. The molecule has 0 unspecified atom stereocenters. The summed E-state index contributed by atoms with van der Waals surface area (Å²) in [5.41, 5.74) is 6.79. The number of anilines is 1. The molecule has 0 saturated carbocycles. The highest BCUT2D eigenvalue weighted by Gasteiger charge is 2.24. The lowest BCUT2D eigenvalue weighted by Gasteiger charge is -2.06. The Morgan fingerprint density at radius 2 is 2.20 bits per heavy atom. The molecule has 20 heavy (non-hydrogen) atoms. The summed E-state index contributed by atoms with van der Waals surface area (Å²) in [6.07, 6.45) is 1.65. The zero-order valence-electron chi connectivity index (χ0n) is 10.5. The molecule has 3 heterocycles. The Bertz CT molecular complexity index is 859. The zero-order chi connectivity index (χ0) is 14.3. The lowest BCUT2D eigenvalue weighted by Crippen LogP contribution is -2.25. The summed E-state index contributed by atoms with van der Waals surface area (Å²) in [5.74, 6) is 0.0206. The first kappa shape index (κ1) is 13.6. The summed E-state index contributed by atoms with van der Waals surface area (Å²) in [7, 11) is -3.70. The predicted molar refractivity (Wildman–Crippen MR) is 80.6 cm³/mol. The second kappa shape index (κ2) is 4.85. The van der Waals surface area contributed by atoms with Crippen LogP contribution in [0.4, 0.5) is 5.82 Å². The highest BCUT2D eigenvalue weighted by atomic mass is 32.2. The van der Waals surface area contributed by atoms with Crippen LogP contribution in [0.5, 0.6) is 0 Å². The van der Waals surface area contributed by atoms with Crippen LogP contribution in [0, 0.1) is 6.92 Å². The van der Waals surface area contributed by atoms with Gasteiger partial charge in [-0.2, -0.15) is 0 Å². The molecular weight excluding hydrogens is 316 g/mol. The number of aryl methyl sites for hydroxylation is 1. The molecule has 0 radical (unpaired) electrons. The van der Waals surface area contributed by atoms with E-state index >= 15 is 0 Å². The van der Waals surface area contributed by atoms with Gasteiger partial charge in [0, 0.05) is 23.0 Å². The first-order valence-corrected chi connectivity index (χ1v) is 8.97. The number of nitrogens with two attached hydrogens (primary N) is 1. The number of rotatable bonds is 4. The van der Waals surface area contributed by atoms with E-state index in [1.54, 1.807) is 11.6 Å². The number of thiazole rings is 1. The first-order valence-electron chi connectivity index (χ1n) is 5.72. The van der Waals surface area contributed by atoms with Gasteiger partial charge in [-0.05, 0) is 23.9 Å². The van der Waals surface area contributed by atoms with Crippen LogP contribution in [0.15, 0.2) is 28.0 Å². The SMILES string of the molecule is Cc1ccsc1CNS(=O)(=O)c1c(N)nc2sccn12. The predicted octanol–water partition coefficient (Wildman–Crippen LogP) is 1.83. The molecule has 0 aliphatic carbocycles. The van der Waals surface area contributed by atoms with Gasteiger partial charge >= 0.3 is 0 Å². The normalized spacial score (nSPS) is 12.2. The standard InChI is InChI=1S/C11H12N4O2S3/c1-7-2-4-18-8(7)6-13-20(16,17)10-9(12)14-11-15(10)3-5-19-11/h2-5,13H,6,12H2,1H3. The van der Waals surface area contributed by atoms with Gasteiger partial charge in [0.2, 0.25) is 0 Å². The van der Waals surface area contributed by atoms with Crippen molar-refractivity contribution >= 4 is 43.5 Å². The van der Waals surface area contributed by atoms with Gasteiger partial charge in [-0.15, -0.1) is 22.7 Å². The van der Waals surface area contributed by atoms with E-state index in [9.17, 15) is 8.42 Å². The molecule has 3 rings (SSSR count). The van der Waals surface area contributed by atoms with Gasteiger partial charge in [0.1, 0.15) is 0 Å². The molecule has 6 nitrogen and oxygen atoms in total. The van der Waals surface area contributed by atoms with Crippen molar-refractivity contribution < 1.29 is 8.42 Å². The third-order valence-electron chi connectivity index (χ3n) is 2.89. The maximum Gasteiger partial charge on any atom is 0.260 e. The molecule has 3 aromatic rings. The van der Waals surface area contributed by atoms with Gasteiger partial charge in [0.25, 0.3) is 10.0 Å². The van der Waals surface area contributed by atoms with E-state index < -0.39 is 10.0 Å². The Morgan fingerprint density at radius 3 is 2.90 bits per heavy atom. The average Bonchev–Trinajstić information content (AvgIpc) is 3.02. The number of aromatic nitrogens is 2. The molecule has 0 aliphatic heterocycles. The van der Waals surface area contributed by atoms with Crippen LogP contribution in [-0.2, 0) is 16.6 Å². The van der Waals surface area contributed by atoms with Crippen LogP contribution < -0.4 is 10.5 Å². The van der Waals surface area contributed by atoms with Crippen LogP contribution >= 0.6 is 22.7 Å². The van der Waals surface area contributed by atoms with Gasteiger partial charge in [-0.25, -0.2) is 18.1 Å². The van der Waals surface area contributed by atoms with Crippen LogP contribution in [0.1, 0.15) is 10.4 Å². The summed E-state index contributed by atoms with van der Waals surface area (Å²) < 4.78 is 28.8. The number of nitrogen functional groups attached to an aromatic ring is 1. The second-order valence-electron chi connectivity index (χ2n) is 4.21. The van der Waals surface area contributed by atoms with Crippen molar-refractivity contribution in [3.05, 3.63) is 33.5 Å². The minimum atomic E-state index is -3.70. The molecule has 0 fully saturated rings. The van der Waals surface area contributed by atoms with E-state index in [4.69, 9.17) is 5.73 Å². The van der Waals surface area contributed by atoms with Gasteiger partial charge in [0.05, 0.1) is 0 Å². The van der Waals surface area contributed by atoms with Crippen molar-refractivity contribution in [2.45, 2.75) is 18.5 Å². The number of nitrogens with zero attached hydrogens (tertiary/aromatic N) is 2. The van der Waals surface area contributed by atoms with Crippen molar-refractivity contribution in [2.75, 3.05) is 5.73 Å². The molecule has 0 bridgehead atoms. The molecule has 0 atom stereocenters. The van der Waals surface area contributed by atoms with Crippen LogP contribution in [0.2, 0.25) is 0 Å². The molecule has 3 N–H and O–H groups in total. The summed E-state index contributed by atoms with van der Waals surface area (Å²) in [6, 6.07) is 1.96. The van der Waals surface area contributed by atoms with E-state index in [-0.39, 0.29) is 17.4 Å². The Balaban J connectivity index is 1.94. The zero-order valence-corrected chi connectivity index (χ0v) is 13.0. The highest BCUT2D eigenvalue weighted by molar-refractivity contribution is 7.89. The topological polar surface area (TPSA) is 89.5 Å². The molecule has 3 aromatic heterocycles. The molecule has 0 aliphatic rings. The van der Waals surface area contributed by atoms with Gasteiger partial charge in [-0.3, -0.25) is 4.40 Å². The summed E-state index contributed by atoms with van der Waals surface area (Å²) in [4.78, 5) is 5.59. The largest absolute Gasteiger partial charge is 0.381 e. The third-order valence-corrected chi connectivity index (χ3v) is 6.11. The fourth-order valence-corrected chi connectivity index (χ4v) is 4.78. The summed E-state index contributed by atoms with van der Waals surface area (Å²) in [6.45, 7) is 2.20. The third kappa shape index (κ3) is 2.22. The molecule has 0 amide bonds. The molecule has 0 spiro atoms. The van der Waals surface area contributed by atoms with Crippen molar-refractivity contribution in [3.8, 4) is 0 Å². The Kier molecular flexibility index (Phi) is 3.28. The monoisotopic (exact) mass is 328 g/mol. The molecule has 0 aromatic carbocycles. The number of hydrogen-bond acceptors (Lipinski definition) is 6. The van der Waals surface area contributed by atoms with E-state index in [1.165, 1.54) is 27.1 Å². The van der Waals surface area contributed by atoms with Crippen molar-refractivity contribution in [2.24, 2.45) is 0 Å². The Hall–Kier alpha value is -1.42. The second-order valence-corrected chi connectivity index (χ2v) is 7.77. The lowest BCUT2D eigenvalue weighted by molar-refractivity contribution is 0.577. The number of imidazole rings is 1. The minimum absolute atomic E-state index is 0.00274. The van der Waals surface area contributed by atoms with Crippen molar-refractivity contribution in [1.82, 2.24) is 14.1 Å². The molecule has 0 saturated heterocycles. The number of sulfonamides is 1. The van der Waals surface area contributed by atoms with Crippen molar-refractivity contribution in [3.63, 3.8) is 0 Å². The summed E-state index contributed by atoms with van der Waals surface area (Å²) >= 11 is 2.86. The maximum absolute atomic E-state index is 12.4. The minimum Gasteiger partial charge on any atom is -0.381 e. The summed E-state index contributed by atoms with van der Waals surface area (Å²) in [5, 5.41) is 3.70. The van der Waals surface area contributed by atoms with E-state index in [1.807, 2.05) is 18.4 Å². The van der Waals surface area contributed by atoms with Crippen LogP contribution in [0.3, 0.4) is 0 Å². The molecular formula is C11H12N4O2S3. The van der Waals surface area contributed by atoms with Crippen LogP contribution in [0.25, 0.3) is 4.96 Å². The van der Waals surface area contributed by atoms with Gasteiger partial charge < -0.3 is 5.73 Å². The van der Waals surface area contributed by atoms with Gasteiger partial charge in [0.15, 0.2) is 15.8 Å². The van der Waals surface area contributed by atoms with Crippen molar-refractivity contribution in [1.29, 1.82) is 0 Å². The Labute approximate surface area is 123 Å². The quantitative estimate of drug-likeness (QED) is 0.764. The fourth-order valence-electron chi connectivity index (χ4n) is 1.86. The van der Waals surface area contributed by atoms with Gasteiger partial charge in [-0.1, -0.05) is 0 Å². The molecule has 106 valence electrons. The maximum atomic E-state index is 12.4. The fraction of sp³-hybridized carbons (Fsp3) is 0.182. The number of thiophene rings is 1. The van der Waals surface area contributed by atoms with Crippen LogP contribution in [-0.4, -0.2) is 17.8 Å². The number of nitrogens with one attached hydrogen (secondary N) is 1. The molecule has 9 heteroatoms. The van der Waals surface area contributed by atoms with E-state index in [2.05, 4.69) is 9.71 Å². The average molecular weight is 328 g/mol. The smallest absolute Gasteiger partial charge is 0.260 e. The lowest BCUT2D eigenvalue weighted by atomic mass is 10.3. The van der Waals surface area contributed by atoms with E-state index in [0.717, 1.165) is 10.4 Å². The first-order chi connectivity index (χ1) is 9.49. The number of hydrogen-bond donors (Lipinski definition) is 2.